The number of carbonyl (C=O) groups excluding carboxylic acids is 2. The second-order valence-electron chi connectivity index (χ2n) is 9.76. The second-order valence-corrected chi connectivity index (χ2v) is 9.76. The van der Waals surface area contributed by atoms with E-state index < -0.39 is 5.54 Å². The number of amides is 3. The molecule has 7 heteroatoms. The Morgan fingerprint density at radius 3 is 2.65 bits per heavy atom. The zero-order valence-electron chi connectivity index (χ0n) is 20.2. The van der Waals surface area contributed by atoms with Gasteiger partial charge in [-0.1, -0.05) is 44.2 Å². The molecule has 2 aliphatic rings. The summed E-state index contributed by atoms with van der Waals surface area (Å²) in [6.45, 7) is 7.26. The molecule has 5 rings (SSSR count). The van der Waals surface area contributed by atoms with Gasteiger partial charge >= 0.3 is 6.03 Å². The number of nitrogens with zero attached hydrogens (tertiary/aromatic N) is 2. The minimum atomic E-state index is -0.950. The maximum Gasteiger partial charge on any atom is 0.328 e. The van der Waals surface area contributed by atoms with Gasteiger partial charge < -0.3 is 15.0 Å². The van der Waals surface area contributed by atoms with Crippen LogP contribution in [-0.4, -0.2) is 58.5 Å². The molecule has 0 spiro atoms. The zero-order valence-corrected chi connectivity index (χ0v) is 20.2. The average molecular weight is 461 g/mol. The van der Waals surface area contributed by atoms with Crippen LogP contribution in [0.4, 0.5) is 4.79 Å². The topological polar surface area (TPSA) is 77.7 Å². The van der Waals surface area contributed by atoms with Crippen LogP contribution >= 0.6 is 0 Å². The molecular formula is C27H32N4O3. The molecule has 178 valence electrons. The van der Waals surface area contributed by atoms with Crippen molar-refractivity contribution in [2.24, 2.45) is 0 Å². The van der Waals surface area contributed by atoms with Crippen LogP contribution in [0, 0.1) is 0 Å². The summed E-state index contributed by atoms with van der Waals surface area (Å²) < 4.78 is 5.47. The predicted molar refractivity (Wildman–Crippen MR) is 132 cm³/mol. The van der Waals surface area contributed by atoms with Crippen molar-refractivity contribution < 1.29 is 14.3 Å². The molecule has 2 N–H and O–H groups in total. The van der Waals surface area contributed by atoms with Gasteiger partial charge in [-0.05, 0) is 49.2 Å². The summed E-state index contributed by atoms with van der Waals surface area (Å²) in [5, 5.41) is 4.41. The molecule has 34 heavy (non-hydrogen) atoms. The van der Waals surface area contributed by atoms with Crippen LogP contribution in [-0.2, 0) is 11.2 Å². The first-order valence-corrected chi connectivity index (χ1v) is 12.0. The fourth-order valence-corrected chi connectivity index (χ4v) is 5.43. The van der Waals surface area contributed by atoms with Crippen LogP contribution in [0.3, 0.4) is 0 Å². The van der Waals surface area contributed by atoms with E-state index in [9.17, 15) is 9.59 Å². The number of H-pyrrole nitrogens is 1. The highest BCUT2D eigenvalue weighted by Gasteiger charge is 2.59. The molecule has 2 aromatic carbocycles. The van der Waals surface area contributed by atoms with Crippen molar-refractivity contribution in [2.75, 3.05) is 20.2 Å². The van der Waals surface area contributed by atoms with Gasteiger partial charge in [-0.25, -0.2) is 4.79 Å². The summed E-state index contributed by atoms with van der Waals surface area (Å²) in [6.07, 6.45) is 1.19. The van der Waals surface area contributed by atoms with Gasteiger partial charge in [0.15, 0.2) is 0 Å². The number of ether oxygens (including phenoxy) is 1. The van der Waals surface area contributed by atoms with Crippen LogP contribution in [0.5, 0.6) is 5.75 Å². The van der Waals surface area contributed by atoms with E-state index in [0.29, 0.717) is 19.0 Å². The van der Waals surface area contributed by atoms with Crippen molar-refractivity contribution in [3.63, 3.8) is 0 Å². The van der Waals surface area contributed by atoms with Crippen LogP contribution in [0.15, 0.2) is 48.5 Å². The lowest BCUT2D eigenvalue weighted by Gasteiger charge is -2.42. The Morgan fingerprint density at radius 1 is 1.18 bits per heavy atom. The number of aromatic nitrogens is 1. The fourth-order valence-electron chi connectivity index (χ4n) is 5.43. The Bertz CT molecular complexity index is 1240. The van der Waals surface area contributed by atoms with Crippen LogP contribution in [0.1, 0.15) is 50.1 Å². The highest BCUT2D eigenvalue weighted by Crippen LogP contribution is 2.48. The zero-order chi connectivity index (χ0) is 24.0. The Balaban J connectivity index is 1.60. The van der Waals surface area contributed by atoms with Gasteiger partial charge in [0.05, 0.1) is 7.11 Å². The molecule has 7 nitrogen and oxygen atoms in total. The normalized spacial score (nSPS) is 22.0. The van der Waals surface area contributed by atoms with Gasteiger partial charge in [0.1, 0.15) is 17.3 Å². The number of hydrogen-bond donors (Lipinski definition) is 2. The molecule has 0 radical (unpaired) electrons. The highest BCUT2D eigenvalue weighted by atomic mass is 16.5. The molecule has 1 aromatic heterocycles. The number of benzene rings is 2. The lowest BCUT2D eigenvalue weighted by atomic mass is 9.81. The number of nitrogens with one attached hydrogen (secondary N) is 2. The molecular weight excluding hydrogens is 428 g/mol. The first-order chi connectivity index (χ1) is 16.3. The van der Waals surface area contributed by atoms with Crippen molar-refractivity contribution in [3.05, 3.63) is 65.4 Å². The molecule has 1 saturated heterocycles. The van der Waals surface area contributed by atoms with E-state index in [4.69, 9.17) is 4.74 Å². The lowest BCUT2D eigenvalue weighted by Crippen LogP contribution is -2.53. The van der Waals surface area contributed by atoms with E-state index in [1.54, 1.807) is 12.0 Å². The number of urea groups is 1. The summed E-state index contributed by atoms with van der Waals surface area (Å²) in [5.41, 5.74) is 3.06. The van der Waals surface area contributed by atoms with Crippen molar-refractivity contribution in [1.29, 1.82) is 0 Å². The molecule has 2 atom stereocenters. The second kappa shape index (κ2) is 8.47. The van der Waals surface area contributed by atoms with Gasteiger partial charge in [-0.15, -0.1) is 0 Å². The fraction of sp³-hybridized carbons (Fsp3) is 0.407. The van der Waals surface area contributed by atoms with Gasteiger partial charge in [0.2, 0.25) is 0 Å². The smallest absolute Gasteiger partial charge is 0.328 e. The summed E-state index contributed by atoms with van der Waals surface area (Å²) in [5.74, 6) is 0.650. The first-order valence-electron chi connectivity index (χ1n) is 12.0. The Kier molecular flexibility index (Phi) is 5.60. The van der Waals surface area contributed by atoms with Crippen molar-refractivity contribution in [1.82, 2.24) is 20.1 Å². The summed E-state index contributed by atoms with van der Waals surface area (Å²) in [4.78, 5) is 34.4. The quantitative estimate of drug-likeness (QED) is 0.409. The Hall–Kier alpha value is -3.32. The molecule has 3 aromatic rings. The van der Waals surface area contributed by atoms with Crippen molar-refractivity contribution in [2.45, 2.75) is 51.2 Å². The van der Waals surface area contributed by atoms with E-state index in [2.05, 4.69) is 24.1 Å². The van der Waals surface area contributed by atoms with E-state index in [-0.39, 0.29) is 18.0 Å². The standard InChI is InChI=1S/C27H32N4O3/c1-17(2)28-13-8-14-30-25(32)27(3)16-21-20-15-19(34-4)11-12-22(20)29-23(21)24(31(27)26(30)33)18-9-6-5-7-10-18/h5-7,9-12,15,17,24,28-29H,8,13-14,16H2,1-4H3/t24-,27+/m1/s1. The van der Waals surface area contributed by atoms with Crippen LogP contribution in [0.25, 0.3) is 10.9 Å². The van der Waals surface area contributed by atoms with E-state index in [1.165, 1.54) is 4.90 Å². The van der Waals surface area contributed by atoms with Gasteiger partial charge in [0, 0.05) is 35.6 Å². The number of rotatable bonds is 7. The Labute approximate surface area is 200 Å². The largest absolute Gasteiger partial charge is 0.497 e. The molecule has 0 saturated carbocycles. The summed E-state index contributed by atoms with van der Waals surface area (Å²) in [7, 11) is 1.65. The van der Waals surface area contributed by atoms with E-state index in [0.717, 1.165) is 46.4 Å². The number of carbonyl (C=O) groups is 2. The van der Waals surface area contributed by atoms with Crippen molar-refractivity contribution in [3.8, 4) is 5.75 Å². The maximum atomic E-state index is 13.8. The molecule has 0 unspecified atom stereocenters. The third-order valence-corrected chi connectivity index (χ3v) is 7.10. The molecule has 0 bridgehead atoms. The molecule has 0 aliphatic carbocycles. The third-order valence-electron chi connectivity index (χ3n) is 7.10. The molecule has 2 aliphatic heterocycles. The maximum absolute atomic E-state index is 13.8. The highest BCUT2D eigenvalue weighted by molar-refractivity contribution is 6.08. The monoisotopic (exact) mass is 460 g/mol. The van der Waals surface area contributed by atoms with Crippen molar-refractivity contribution >= 4 is 22.8 Å². The number of aromatic amines is 1. The van der Waals surface area contributed by atoms with E-state index in [1.807, 2.05) is 55.5 Å². The minimum absolute atomic E-state index is 0.120. The van der Waals surface area contributed by atoms with E-state index >= 15 is 0 Å². The molecule has 3 heterocycles. The lowest BCUT2D eigenvalue weighted by molar-refractivity contribution is -0.133. The SMILES string of the molecule is COc1ccc2[nH]c3c(c2c1)C[C@@]1(C)C(=O)N(CCCNC(C)C)C(=O)N1[C@@H]3c1ccccc1. The molecule has 1 fully saturated rings. The van der Waals surface area contributed by atoms with Gasteiger partial charge in [0.25, 0.3) is 5.91 Å². The van der Waals surface area contributed by atoms with Gasteiger partial charge in [-0.2, -0.15) is 0 Å². The average Bonchev–Trinajstić information content (AvgIpc) is 3.27. The summed E-state index contributed by atoms with van der Waals surface area (Å²) >= 11 is 0. The number of fused-ring (bicyclic) bond motifs is 4. The number of imide groups is 1. The number of methoxy groups -OCH3 is 1. The number of hydrogen-bond acceptors (Lipinski definition) is 4. The summed E-state index contributed by atoms with van der Waals surface area (Å²) in [6, 6.07) is 15.7. The minimum Gasteiger partial charge on any atom is -0.497 e. The van der Waals surface area contributed by atoms with Gasteiger partial charge in [-0.3, -0.25) is 14.6 Å². The predicted octanol–water partition coefficient (Wildman–Crippen LogP) is 4.23. The molecule has 3 amide bonds. The first kappa shape index (κ1) is 22.5. The van der Waals surface area contributed by atoms with Crippen LogP contribution in [0.2, 0.25) is 0 Å². The Morgan fingerprint density at radius 2 is 1.94 bits per heavy atom. The van der Waals surface area contributed by atoms with Crippen LogP contribution < -0.4 is 10.1 Å². The third kappa shape index (κ3) is 3.46.